The van der Waals surface area contributed by atoms with E-state index in [2.05, 4.69) is 9.97 Å². The molecule has 0 aliphatic heterocycles. The van der Waals surface area contributed by atoms with E-state index in [1.54, 1.807) is 42.7 Å². The zero-order chi connectivity index (χ0) is 21.7. The Morgan fingerprint density at radius 1 is 0.742 bits per heavy atom. The lowest BCUT2D eigenvalue weighted by Gasteiger charge is -2.22. The predicted molar refractivity (Wildman–Crippen MR) is 118 cm³/mol. The van der Waals surface area contributed by atoms with Crippen LogP contribution in [0.5, 0.6) is 5.75 Å². The molecule has 156 valence electrons. The summed E-state index contributed by atoms with van der Waals surface area (Å²) in [5.41, 5.74) is 3.62. The molecule has 31 heavy (non-hydrogen) atoms. The molecule has 6 nitrogen and oxygen atoms in total. The summed E-state index contributed by atoms with van der Waals surface area (Å²) >= 11 is 0. The van der Waals surface area contributed by atoms with Gasteiger partial charge >= 0.3 is 0 Å². The summed E-state index contributed by atoms with van der Waals surface area (Å²) in [6, 6.07) is 21.4. The number of benzene rings is 2. The summed E-state index contributed by atoms with van der Waals surface area (Å²) < 4.78 is 28.1. The standard InChI is InChI=1S/C24H21N3O3S/c28-23-4-1-3-20(15-23)18-27(31(29,30)24-5-2-12-26-16-24)17-19-6-8-21(9-7-19)22-10-13-25-14-11-22/h1-16,28H,17-18H2. The second-order valence-corrected chi connectivity index (χ2v) is 9.00. The predicted octanol–water partition coefficient (Wildman–Crippen LogP) is 4.24. The van der Waals surface area contributed by atoms with Gasteiger partial charge in [-0.3, -0.25) is 9.97 Å². The molecular weight excluding hydrogens is 410 g/mol. The Balaban J connectivity index is 1.64. The van der Waals surface area contributed by atoms with E-state index in [4.69, 9.17) is 0 Å². The summed E-state index contributed by atoms with van der Waals surface area (Å²) in [5.74, 6) is 0.0953. The van der Waals surface area contributed by atoms with Crippen LogP contribution < -0.4 is 0 Å². The number of phenolic OH excluding ortho intramolecular Hbond substituents is 1. The van der Waals surface area contributed by atoms with Crippen molar-refractivity contribution >= 4 is 10.0 Å². The summed E-state index contributed by atoms with van der Waals surface area (Å²) in [6.45, 7) is 0.307. The Bertz CT molecular complexity index is 1250. The highest BCUT2D eigenvalue weighted by atomic mass is 32.2. The van der Waals surface area contributed by atoms with E-state index in [1.807, 2.05) is 36.4 Å². The Morgan fingerprint density at radius 3 is 2.13 bits per heavy atom. The van der Waals surface area contributed by atoms with Crippen LogP contribution in [0.4, 0.5) is 0 Å². The van der Waals surface area contributed by atoms with Crippen molar-refractivity contribution in [2.75, 3.05) is 0 Å². The molecule has 0 saturated carbocycles. The first-order valence-corrected chi connectivity index (χ1v) is 11.1. The number of nitrogens with zero attached hydrogens (tertiary/aromatic N) is 3. The number of aromatic hydroxyl groups is 1. The highest BCUT2D eigenvalue weighted by molar-refractivity contribution is 7.89. The van der Waals surface area contributed by atoms with Crippen molar-refractivity contribution in [3.05, 3.63) is 109 Å². The van der Waals surface area contributed by atoms with Crippen molar-refractivity contribution in [2.24, 2.45) is 0 Å². The maximum Gasteiger partial charge on any atom is 0.245 e. The molecule has 4 aromatic rings. The van der Waals surface area contributed by atoms with Crippen molar-refractivity contribution < 1.29 is 13.5 Å². The Hall–Kier alpha value is -3.55. The highest BCUT2D eigenvalue weighted by Crippen LogP contribution is 2.24. The summed E-state index contributed by atoms with van der Waals surface area (Å²) in [4.78, 5) is 8.12. The van der Waals surface area contributed by atoms with Gasteiger partial charge in [-0.05, 0) is 58.7 Å². The topological polar surface area (TPSA) is 83.4 Å². The van der Waals surface area contributed by atoms with E-state index < -0.39 is 10.0 Å². The summed E-state index contributed by atoms with van der Waals surface area (Å²) in [7, 11) is -3.79. The number of phenols is 1. The smallest absolute Gasteiger partial charge is 0.245 e. The van der Waals surface area contributed by atoms with Crippen LogP contribution in [-0.4, -0.2) is 27.8 Å². The summed E-state index contributed by atoms with van der Waals surface area (Å²) in [5, 5.41) is 9.79. The van der Waals surface area contributed by atoms with Crippen molar-refractivity contribution in [3.8, 4) is 16.9 Å². The van der Waals surface area contributed by atoms with E-state index in [1.165, 1.54) is 22.8 Å². The van der Waals surface area contributed by atoms with Crippen LogP contribution in [0.3, 0.4) is 0 Å². The van der Waals surface area contributed by atoms with Gasteiger partial charge in [0.2, 0.25) is 10.0 Å². The second-order valence-electron chi connectivity index (χ2n) is 7.06. The number of pyridine rings is 2. The second kappa shape index (κ2) is 9.07. The molecular formula is C24H21N3O3S. The fraction of sp³-hybridized carbons (Fsp3) is 0.0833. The van der Waals surface area contributed by atoms with Crippen molar-refractivity contribution in [1.29, 1.82) is 0 Å². The Labute approximate surface area is 181 Å². The number of hydrogen-bond donors (Lipinski definition) is 1. The number of sulfonamides is 1. The molecule has 0 amide bonds. The molecule has 2 heterocycles. The van der Waals surface area contributed by atoms with Gasteiger partial charge in [-0.15, -0.1) is 0 Å². The van der Waals surface area contributed by atoms with Gasteiger partial charge < -0.3 is 5.11 Å². The average Bonchev–Trinajstić information content (AvgIpc) is 2.80. The lowest BCUT2D eigenvalue weighted by Crippen LogP contribution is -2.30. The lowest BCUT2D eigenvalue weighted by molar-refractivity contribution is 0.399. The molecule has 0 fully saturated rings. The number of hydrogen-bond acceptors (Lipinski definition) is 5. The monoisotopic (exact) mass is 431 g/mol. The van der Waals surface area contributed by atoms with Crippen molar-refractivity contribution in [3.63, 3.8) is 0 Å². The molecule has 0 saturated heterocycles. The third-order valence-electron chi connectivity index (χ3n) is 4.87. The molecule has 0 bridgehead atoms. The first-order chi connectivity index (χ1) is 15.0. The fourth-order valence-electron chi connectivity index (χ4n) is 3.28. The van der Waals surface area contributed by atoms with Crippen LogP contribution in [0.25, 0.3) is 11.1 Å². The maximum atomic E-state index is 13.3. The normalized spacial score (nSPS) is 11.5. The van der Waals surface area contributed by atoms with E-state index >= 15 is 0 Å². The van der Waals surface area contributed by atoms with Gasteiger partial charge in [0, 0.05) is 37.9 Å². The lowest BCUT2D eigenvalue weighted by atomic mass is 10.1. The molecule has 1 N–H and O–H groups in total. The van der Waals surface area contributed by atoms with Gasteiger partial charge in [0.05, 0.1) is 0 Å². The zero-order valence-corrected chi connectivity index (χ0v) is 17.5. The zero-order valence-electron chi connectivity index (χ0n) is 16.7. The number of aromatic nitrogens is 2. The van der Waals surface area contributed by atoms with Crippen LogP contribution in [-0.2, 0) is 23.1 Å². The molecule has 0 aliphatic carbocycles. The Kier molecular flexibility index (Phi) is 6.06. The molecule has 0 radical (unpaired) electrons. The Morgan fingerprint density at radius 2 is 1.45 bits per heavy atom. The molecule has 0 atom stereocenters. The van der Waals surface area contributed by atoms with E-state index in [-0.39, 0.29) is 23.7 Å². The van der Waals surface area contributed by atoms with Gasteiger partial charge in [-0.1, -0.05) is 36.4 Å². The number of rotatable bonds is 7. The minimum absolute atomic E-state index is 0.0953. The minimum Gasteiger partial charge on any atom is -0.508 e. The van der Waals surface area contributed by atoms with E-state index in [9.17, 15) is 13.5 Å². The van der Waals surface area contributed by atoms with Gasteiger partial charge in [0.25, 0.3) is 0 Å². The van der Waals surface area contributed by atoms with Crippen LogP contribution >= 0.6 is 0 Å². The van der Waals surface area contributed by atoms with Crippen LogP contribution in [0.15, 0.2) is 102 Å². The van der Waals surface area contributed by atoms with E-state index in [0.29, 0.717) is 5.56 Å². The molecule has 0 spiro atoms. The molecule has 0 aliphatic rings. The molecule has 0 unspecified atom stereocenters. The van der Waals surface area contributed by atoms with Gasteiger partial charge in [0.15, 0.2) is 0 Å². The average molecular weight is 432 g/mol. The van der Waals surface area contributed by atoms with Crippen LogP contribution in [0.2, 0.25) is 0 Å². The quantitative estimate of drug-likeness (QED) is 0.473. The first-order valence-electron chi connectivity index (χ1n) is 9.70. The highest BCUT2D eigenvalue weighted by Gasteiger charge is 2.25. The summed E-state index contributed by atoms with van der Waals surface area (Å²) in [6.07, 6.45) is 6.36. The fourth-order valence-corrected chi connectivity index (χ4v) is 4.66. The first kappa shape index (κ1) is 20.7. The third-order valence-corrected chi connectivity index (χ3v) is 6.64. The molecule has 2 aromatic heterocycles. The maximum absolute atomic E-state index is 13.3. The molecule has 4 rings (SSSR count). The SMILES string of the molecule is O=S(=O)(c1cccnc1)N(Cc1ccc(-c2ccncc2)cc1)Cc1cccc(O)c1. The minimum atomic E-state index is -3.79. The van der Waals surface area contributed by atoms with Crippen molar-refractivity contribution in [1.82, 2.24) is 14.3 Å². The van der Waals surface area contributed by atoms with Gasteiger partial charge in [-0.2, -0.15) is 4.31 Å². The van der Waals surface area contributed by atoms with Crippen LogP contribution in [0.1, 0.15) is 11.1 Å². The van der Waals surface area contributed by atoms with Gasteiger partial charge in [0.1, 0.15) is 10.6 Å². The van der Waals surface area contributed by atoms with E-state index in [0.717, 1.165) is 16.7 Å². The third kappa shape index (κ3) is 4.96. The largest absolute Gasteiger partial charge is 0.508 e. The molecule has 2 aromatic carbocycles. The molecule has 7 heteroatoms. The van der Waals surface area contributed by atoms with Gasteiger partial charge in [-0.25, -0.2) is 8.42 Å². The van der Waals surface area contributed by atoms with Crippen LogP contribution in [0, 0.1) is 0 Å². The van der Waals surface area contributed by atoms with Crippen molar-refractivity contribution in [2.45, 2.75) is 18.0 Å².